The molecule has 0 bridgehead atoms. The molecule has 2 aromatic heterocycles. The van der Waals surface area contributed by atoms with E-state index in [0.717, 1.165) is 29.2 Å². The summed E-state index contributed by atoms with van der Waals surface area (Å²) in [7, 11) is 0. The molecule has 8 heteroatoms. The van der Waals surface area contributed by atoms with Gasteiger partial charge in [0.25, 0.3) is 5.91 Å². The van der Waals surface area contributed by atoms with Crippen LogP contribution in [0.1, 0.15) is 12.5 Å². The molecule has 1 amide bonds. The molecule has 0 fully saturated rings. The van der Waals surface area contributed by atoms with Gasteiger partial charge in [-0.1, -0.05) is 84.6 Å². The quantitative estimate of drug-likeness (QED) is 0.142. The molecule has 0 aliphatic heterocycles. The number of amides is 1. The molecule has 0 radical (unpaired) electrons. The van der Waals surface area contributed by atoms with Crippen LogP contribution in [0, 0.1) is 0 Å². The molecule has 0 aliphatic rings. The van der Waals surface area contributed by atoms with Gasteiger partial charge in [-0.3, -0.25) is 9.36 Å². The minimum absolute atomic E-state index is 0.153. The Morgan fingerprint density at radius 3 is 2.38 bits per heavy atom. The Kier molecular flexibility index (Phi) is 6.93. The Labute approximate surface area is 230 Å². The Hall–Kier alpha value is -4.69. The minimum Gasteiger partial charge on any atom is -0.341 e. The van der Waals surface area contributed by atoms with Gasteiger partial charge >= 0.3 is 0 Å². The third-order valence-corrected chi connectivity index (χ3v) is 7.46. The number of aromatic nitrogens is 4. The molecular formula is C31H26N6OS. The van der Waals surface area contributed by atoms with E-state index in [1.54, 1.807) is 6.21 Å². The van der Waals surface area contributed by atoms with Crippen molar-refractivity contribution in [2.24, 2.45) is 5.10 Å². The summed E-state index contributed by atoms with van der Waals surface area (Å²) in [6.07, 6.45) is 1.68. The second-order valence-corrected chi connectivity index (χ2v) is 9.91. The Morgan fingerprint density at radius 2 is 1.59 bits per heavy atom. The molecule has 4 aromatic carbocycles. The highest BCUT2D eigenvalue weighted by molar-refractivity contribution is 7.99. The summed E-state index contributed by atoms with van der Waals surface area (Å²) >= 11 is 1.32. The third kappa shape index (κ3) is 4.94. The maximum Gasteiger partial charge on any atom is 0.250 e. The smallest absolute Gasteiger partial charge is 0.250 e. The van der Waals surface area contributed by atoms with Gasteiger partial charge in [0.2, 0.25) is 0 Å². The van der Waals surface area contributed by atoms with Crippen molar-refractivity contribution >= 4 is 45.7 Å². The summed E-state index contributed by atoms with van der Waals surface area (Å²) < 4.78 is 4.28. The number of nitrogens with one attached hydrogen (secondary N) is 1. The minimum atomic E-state index is -0.219. The van der Waals surface area contributed by atoms with Crippen molar-refractivity contribution in [3.8, 4) is 17.1 Å². The van der Waals surface area contributed by atoms with Gasteiger partial charge in [-0.15, -0.1) is 10.2 Å². The number of aryl methyl sites for hydroxylation is 1. The van der Waals surface area contributed by atoms with Gasteiger partial charge in [0, 0.05) is 39.6 Å². The van der Waals surface area contributed by atoms with E-state index >= 15 is 0 Å². The fraction of sp³-hybridized carbons (Fsp3) is 0.0968. The lowest BCUT2D eigenvalue weighted by atomic mass is 10.1. The van der Waals surface area contributed by atoms with E-state index in [-0.39, 0.29) is 11.7 Å². The van der Waals surface area contributed by atoms with Crippen LogP contribution in [0.3, 0.4) is 0 Å². The standard InChI is InChI=1S/C31H26N6OS/c1-2-36-27-16-10-9-15-25(27)26-19-22(17-18-28(26)36)20-32-33-29(38)21-39-31-35-34-30(23-11-5-3-6-12-23)37(31)24-13-7-4-8-14-24/h3-20H,2,21H2,1H3,(H,33,38). The van der Waals surface area contributed by atoms with Crippen molar-refractivity contribution in [3.05, 3.63) is 109 Å². The molecule has 0 saturated heterocycles. The summed E-state index contributed by atoms with van der Waals surface area (Å²) in [5.41, 5.74) is 7.86. The zero-order valence-electron chi connectivity index (χ0n) is 21.4. The lowest BCUT2D eigenvalue weighted by Gasteiger charge is -2.10. The summed E-state index contributed by atoms with van der Waals surface area (Å²) in [6.45, 7) is 3.05. The molecule has 39 heavy (non-hydrogen) atoms. The van der Waals surface area contributed by atoms with E-state index in [1.807, 2.05) is 71.3 Å². The van der Waals surface area contributed by atoms with Crippen LogP contribution >= 0.6 is 11.8 Å². The van der Waals surface area contributed by atoms with Gasteiger partial charge in [0.1, 0.15) is 0 Å². The van der Waals surface area contributed by atoms with Gasteiger partial charge in [-0.05, 0) is 42.8 Å². The SMILES string of the molecule is CCn1c2ccccc2c2cc(C=NNC(=O)CSc3nnc(-c4ccccc4)n3-c3ccccc3)ccc21. The van der Waals surface area contributed by atoms with Gasteiger partial charge in [-0.25, -0.2) is 5.43 Å². The van der Waals surface area contributed by atoms with Gasteiger partial charge < -0.3 is 4.57 Å². The number of hydrazone groups is 1. The van der Waals surface area contributed by atoms with Crippen LogP contribution in [0.2, 0.25) is 0 Å². The number of hydrogen-bond donors (Lipinski definition) is 1. The molecule has 0 atom stereocenters. The average molecular weight is 531 g/mol. The topological polar surface area (TPSA) is 77.1 Å². The van der Waals surface area contributed by atoms with Crippen LogP contribution in [-0.4, -0.2) is 37.2 Å². The summed E-state index contributed by atoms with van der Waals surface area (Å²) in [6, 6.07) is 34.4. The lowest BCUT2D eigenvalue weighted by molar-refractivity contribution is -0.118. The first-order valence-electron chi connectivity index (χ1n) is 12.7. The zero-order valence-corrected chi connectivity index (χ0v) is 22.2. The van der Waals surface area contributed by atoms with Crippen LogP contribution in [0.5, 0.6) is 0 Å². The van der Waals surface area contributed by atoms with Gasteiger partial charge in [0.05, 0.1) is 12.0 Å². The molecule has 2 heterocycles. The summed E-state index contributed by atoms with van der Waals surface area (Å²) in [5.74, 6) is 0.659. The molecule has 6 rings (SSSR count). The molecular weight excluding hydrogens is 504 g/mol. The predicted octanol–water partition coefficient (Wildman–Crippen LogP) is 6.30. The molecule has 0 unspecified atom stereocenters. The Balaban J connectivity index is 1.17. The normalized spacial score (nSPS) is 11.5. The number of rotatable bonds is 8. The number of nitrogens with zero attached hydrogens (tertiary/aromatic N) is 5. The fourth-order valence-corrected chi connectivity index (χ4v) is 5.53. The van der Waals surface area contributed by atoms with E-state index in [9.17, 15) is 4.79 Å². The van der Waals surface area contributed by atoms with Crippen LogP contribution in [0.4, 0.5) is 0 Å². The first-order valence-corrected chi connectivity index (χ1v) is 13.7. The van der Waals surface area contributed by atoms with Gasteiger partial charge in [-0.2, -0.15) is 5.10 Å². The number of carbonyl (C=O) groups excluding carboxylic acids is 1. The fourth-order valence-electron chi connectivity index (χ4n) is 4.78. The van der Waals surface area contributed by atoms with E-state index in [0.29, 0.717) is 5.16 Å². The molecule has 0 spiro atoms. The van der Waals surface area contributed by atoms with E-state index in [2.05, 4.69) is 68.6 Å². The molecule has 192 valence electrons. The van der Waals surface area contributed by atoms with Crippen molar-refractivity contribution in [2.45, 2.75) is 18.6 Å². The van der Waals surface area contributed by atoms with Crippen LogP contribution in [0.15, 0.2) is 113 Å². The number of carbonyl (C=O) groups is 1. The van der Waals surface area contributed by atoms with E-state index in [4.69, 9.17) is 0 Å². The molecule has 1 N–H and O–H groups in total. The number of benzene rings is 4. The molecule has 0 aliphatic carbocycles. The number of hydrogen-bond acceptors (Lipinski definition) is 5. The lowest BCUT2D eigenvalue weighted by Crippen LogP contribution is -2.20. The number of para-hydroxylation sites is 2. The van der Waals surface area contributed by atoms with Crippen molar-refractivity contribution in [1.82, 2.24) is 24.8 Å². The highest BCUT2D eigenvalue weighted by Gasteiger charge is 2.17. The predicted molar refractivity (Wildman–Crippen MR) is 158 cm³/mol. The average Bonchev–Trinajstić information content (AvgIpc) is 3.56. The molecule has 0 saturated carbocycles. The zero-order chi connectivity index (χ0) is 26.6. The Bertz CT molecular complexity index is 1790. The second-order valence-electron chi connectivity index (χ2n) is 8.96. The van der Waals surface area contributed by atoms with Crippen LogP contribution in [0.25, 0.3) is 38.9 Å². The van der Waals surface area contributed by atoms with Crippen molar-refractivity contribution < 1.29 is 4.79 Å². The highest BCUT2D eigenvalue weighted by atomic mass is 32.2. The van der Waals surface area contributed by atoms with E-state index in [1.165, 1.54) is 33.6 Å². The van der Waals surface area contributed by atoms with Gasteiger partial charge in [0.15, 0.2) is 11.0 Å². The summed E-state index contributed by atoms with van der Waals surface area (Å²) in [4.78, 5) is 12.7. The van der Waals surface area contributed by atoms with Crippen LogP contribution in [-0.2, 0) is 11.3 Å². The van der Waals surface area contributed by atoms with E-state index < -0.39 is 0 Å². The van der Waals surface area contributed by atoms with Crippen molar-refractivity contribution in [1.29, 1.82) is 0 Å². The third-order valence-electron chi connectivity index (χ3n) is 6.53. The summed E-state index contributed by atoms with van der Waals surface area (Å²) in [5, 5.41) is 16.0. The molecule has 6 aromatic rings. The number of thioether (sulfide) groups is 1. The van der Waals surface area contributed by atoms with Crippen molar-refractivity contribution in [3.63, 3.8) is 0 Å². The second kappa shape index (κ2) is 11.0. The van der Waals surface area contributed by atoms with Crippen LogP contribution < -0.4 is 5.43 Å². The molecule has 7 nitrogen and oxygen atoms in total. The van der Waals surface area contributed by atoms with Crippen molar-refractivity contribution in [2.75, 3.05) is 5.75 Å². The number of fused-ring (bicyclic) bond motifs is 3. The monoisotopic (exact) mass is 530 g/mol. The first-order chi connectivity index (χ1) is 19.2. The largest absolute Gasteiger partial charge is 0.341 e. The first kappa shape index (κ1) is 24.6. The highest BCUT2D eigenvalue weighted by Crippen LogP contribution is 2.30. The Morgan fingerprint density at radius 1 is 0.872 bits per heavy atom. The maximum atomic E-state index is 12.7. The maximum absolute atomic E-state index is 12.7.